The highest BCUT2D eigenvalue weighted by Crippen LogP contribution is 2.17. The van der Waals surface area contributed by atoms with Crippen LogP contribution in [-0.2, 0) is 4.74 Å². The summed E-state index contributed by atoms with van der Waals surface area (Å²) < 4.78 is 5.26. The molecule has 1 aliphatic rings. The lowest BCUT2D eigenvalue weighted by Gasteiger charge is -1.95. The normalized spacial score (nSPS) is 17.9. The first-order valence-corrected chi connectivity index (χ1v) is 4.32. The van der Waals surface area contributed by atoms with Gasteiger partial charge in [0, 0.05) is 0 Å². The Balaban J connectivity index is 2.60. The first kappa shape index (κ1) is 9.48. The number of nitrogens with zero attached hydrogens (tertiary/aromatic N) is 1. The van der Waals surface area contributed by atoms with Gasteiger partial charge in [-0.25, -0.2) is 0 Å². The van der Waals surface area contributed by atoms with Crippen LogP contribution in [0, 0.1) is 0 Å². The molecule has 1 aliphatic heterocycles. The van der Waals surface area contributed by atoms with Crippen LogP contribution < -0.4 is 5.64 Å². The van der Waals surface area contributed by atoms with Gasteiger partial charge in [0.2, 0.25) is 0 Å². The molecule has 2 N–H and O–H groups in total. The average molecular weight is 166 g/mol. The smallest absolute Gasteiger partial charge is 0.261 e. The van der Waals surface area contributed by atoms with Crippen LogP contribution in [0.1, 0.15) is 13.3 Å². The van der Waals surface area contributed by atoms with Gasteiger partial charge in [-0.3, -0.25) is 4.99 Å². The van der Waals surface area contributed by atoms with Crippen molar-refractivity contribution in [2.75, 3.05) is 13.2 Å². The summed E-state index contributed by atoms with van der Waals surface area (Å²) in [7, 11) is 0. The zero-order valence-corrected chi connectivity index (χ0v) is 7.71. The fourth-order valence-corrected chi connectivity index (χ4v) is 1.10. The van der Waals surface area contributed by atoms with E-state index in [-0.39, 0.29) is 6.85 Å². The van der Waals surface area contributed by atoms with Crippen molar-refractivity contribution in [2.24, 2.45) is 10.6 Å². The third-order valence-electron chi connectivity index (χ3n) is 1.82. The second-order valence-electron chi connectivity index (χ2n) is 3.03. The average Bonchev–Trinajstić information content (AvgIpc) is 2.47. The molecule has 0 bridgehead atoms. The maximum atomic E-state index is 5.54. The number of hydrogen-bond donors (Lipinski definition) is 1. The molecule has 0 amide bonds. The predicted molar refractivity (Wildman–Crippen MR) is 52.4 cm³/mol. The Morgan fingerprint density at radius 3 is 3.00 bits per heavy atom. The number of hydrogen-bond acceptors (Lipinski definition) is 3. The van der Waals surface area contributed by atoms with Crippen LogP contribution >= 0.6 is 0 Å². The van der Waals surface area contributed by atoms with Crippen LogP contribution in [0.5, 0.6) is 0 Å². The fourth-order valence-electron chi connectivity index (χ4n) is 1.10. The maximum absolute atomic E-state index is 5.54. The predicted octanol–water partition coefficient (Wildman–Crippen LogP) is 0.871. The number of nitrogens with two attached hydrogens (primary N) is 1. The maximum Gasteiger partial charge on any atom is 0.261 e. The van der Waals surface area contributed by atoms with E-state index in [2.05, 4.69) is 11.9 Å². The van der Waals surface area contributed by atoms with Gasteiger partial charge in [-0.1, -0.05) is 13.7 Å². The zero-order chi connectivity index (χ0) is 8.97. The van der Waals surface area contributed by atoms with Crippen molar-refractivity contribution in [1.82, 2.24) is 0 Å². The van der Waals surface area contributed by atoms with Gasteiger partial charge < -0.3 is 10.4 Å². The molecule has 12 heavy (non-hydrogen) atoms. The van der Waals surface area contributed by atoms with Gasteiger partial charge in [0.25, 0.3) is 6.85 Å². The highest BCUT2D eigenvalue weighted by molar-refractivity contribution is 6.81. The van der Waals surface area contributed by atoms with Crippen molar-refractivity contribution >= 4 is 13.0 Å². The summed E-state index contributed by atoms with van der Waals surface area (Å²) in [5, 5.41) is 0. The molecule has 0 saturated heterocycles. The second kappa shape index (κ2) is 4.43. The van der Waals surface area contributed by atoms with Gasteiger partial charge in [0.15, 0.2) is 0 Å². The van der Waals surface area contributed by atoms with Gasteiger partial charge in [-0.15, -0.1) is 0 Å². The molecule has 1 heterocycles. The Hall–Kier alpha value is -0.605. The summed E-state index contributed by atoms with van der Waals surface area (Å²) >= 11 is 0. The van der Waals surface area contributed by atoms with Crippen LogP contribution in [0.25, 0.3) is 0 Å². The van der Waals surface area contributed by atoms with Crippen LogP contribution in [0.2, 0.25) is 6.82 Å². The number of ether oxygens (including phenoxy) is 1. The quantitative estimate of drug-likeness (QED) is 0.499. The molecule has 0 aromatic carbocycles. The van der Waals surface area contributed by atoms with Gasteiger partial charge >= 0.3 is 0 Å². The Morgan fingerprint density at radius 1 is 1.67 bits per heavy atom. The van der Waals surface area contributed by atoms with Gasteiger partial charge in [-0.2, -0.15) is 0 Å². The van der Waals surface area contributed by atoms with Gasteiger partial charge in [0.1, 0.15) is 0 Å². The van der Waals surface area contributed by atoms with E-state index >= 15 is 0 Å². The number of aliphatic imine (C=N–C) groups is 1. The van der Waals surface area contributed by atoms with Crippen molar-refractivity contribution in [3.05, 3.63) is 11.3 Å². The van der Waals surface area contributed by atoms with E-state index in [9.17, 15) is 0 Å². The second-order valence-corrected chi connectivity index (χ2v) is 3.03. The molecule has 0 aliphatic carbocycles. The third-order valence-corrected chi connectivity index (χ3v) is 1.82. The molecule has 0 unspecified atom stereocenters. The molecule has 3 nitrogen and oxygen atoms in total. The van der Waals surface area contributed by atoms with E-state index in [0.717, 1.165) is 18.7 Å². The lowest BCUT2D eigenvalue weighted by Crippen LogP contribution is -2.22. The summed E-state index contributed by atoms with van der Waals surface area (Å²) in [5.41, 5.74) is 7.91. The van der Waals surface area contributed by atoms with Crippen LogP contribution in [0.4, 0.5) is 0 Å². The standard InChI is InChI=1S/C8H15BN2O/c1-3-7-4-12-5-8(7)11-6-9(2)10/h6H,3-5,10H2,1-2H3. The number of rotatable bonds is 3. The van der Waals surface area contributed by atoms with Crippen LogP contribution in [0.15, 0.2) is 16.3 Å². The van der Waals surface area contributed by atoms with E-state index in [1.165, 1.54) is 5.57 Å². The Kier molecular flexibility index (Phi) is 3.50. The topological polar surface area (TPSA) is 47.6 Å². The summed E-state index contributed by atoms with van der Waals surface area (Å²) in [4.78, 5) is 4.28. The van der Waals surface area contributed by atoms with Crippen LogP contribution in [-0.4, -0.2) is 26.2 Å². The zero-order valence-electron chi connectivity index (χ0n) is 7.71. The summed E-state index contributed by atoms with van der Waals surface area (Å²) in [5.74, 6) is 0. The Morgan fingerprint density at radius 2 is 2.42 bits per heavy atom. The summed E-state index contributed by atoms with van der Waals surface area (Å²) in [6.45, 7) is 5.43. The van der Waals surface area contributed by atoms with E-state index < -0.39 is 0 Å². The molecule has 0 aromatic heterocycles. The van der Waals surface area contributed by atoms with Crippen molar-refractivity contribution < 1.29 is 4.74 Å². The van der Waals surface area contributed by atoms with Crippen molar-refractivity contribution in [3.8, 4) is 0 Å². The molecule has 0 aromatic rings. The minimum atomic E-state index is 0.0243. The van der Waals surface area contributed by atoms with Crippen molar-refractivity contribution in [1.29, 1.82) is 0 Å². The fraction of sp³-hybridized carbons (Fsp3) is 0.625. The van der Waals surface area contributed by atoms with Crippen molar-refractivity contribution in [2.45, 2.75) is 20.2 Å². The highest BCUT2D eigenvalue weighted by Gasteiger charge is 2.11. The first-order valence-electron chi connectivity index (χ1n) is 4.32. The molecular weight excluding hydrogens is 151 g/mol. The van der Waals surface area contributed by atoms with E-state index in [0.29, 0.717) is 6.61 Å². The molecule has 1 rings (SSSR count). The van der Waals surface area contributed by atoms with Crippen molar-refractivity contribution in [3.63, 3.8) is 0 Å². The first-order chi connectivity index (χ1) is 5.74. The molecule has 0 saturated carbocycles. The lowest BCUT2D eigenvalue weighted by atomic mass is 9.69. The minimum Gasteiger partial charge on any atom is -0.371 e. The van der Waals surface area contributed by atoms with Gasteiger partial charge in [-0.05, 0) is 18.1 Å². The molecule has 66 valence electrons. The highest BCUT2D eigenvalue weighted by atomic mass is 16.5. The molecule has 0 fully saturated rings. The summed E-state index contributed by atoms with van der Waals surface area (Å²) in [6.07, 6.45) is 2.78. The SMILES string of the molecule is CCC1=C(N=CB(C)N)COC1. The summed E-state index contributed by atoms with van der Waals surface area (Å²) in [6, 6.07) is 0. The molecular formula is C8H15BN2O. The Bertz CT molecular complexity index is 211. The monoisotopic (exact) mass is 166 g/mol. The molecule has 4 heteroatoms. The van der Waals surface area contributed by atoms with E-state index in [4.69, 9.17) is 10.4 Å². The van der Waals surface area contributed by atoms with Gasteiger partial charge in [0.05, 0.1) is 18.9 Å². The molecule has 0 atom stereocenters. The lowest BCUT2D eigenvalue weighted by molar-refractivity contribution is 0.203. The Labute approximate surface area is 73.8 Å². The molecule has 0 spiro atoms. The minimum absolute atomic E-state index is 0.0243. The molecule has 0 radical (unpaired) electrons. The third kappa shape index (κ3) is 2.46. The van der Waals surface area contributed by atoms with Crippen LogP contribution in [0.3, 0.4) is 0 Å². The van der Waals surface area contributed by atoms with E-state index in [1.54, 1.807) is 6.11 Å². The van der Waals surface area contributed by atoms with E-state index in [1.807, 2.05) is 6.82 Å². The largest absolute Gasteiger partial charge is 0.371 e.